The zero-order valence-electron chi connectivity index (χ0n) is 21.8. The highest BCUT2D eigenvalue weighted by atomic mass is 35.5. The maximum atomic E-state index is 13.0. The number of amides is 3. The first-order chi connectivity index (χ1) is 19.9. The third kappa shape index (κ3) is 6.76. The molecule has 0 aliphatic carbocycles. The van der Waals surface area contributed by atoms with Crippen LogP contribution in [0, 0.1) is 0 Å². The molecule has 1 aliphatic rings. The molecule has 3 amide bonds. The number of anilines is 2. The molecular formula is C27H25ClN8O5. The number of nitrogens with zero attached hydrogens (tertiary/aromatic N) is 5. The lowest BCUT2D eigenvalue weighted by atomic mass is 10.1. The van der Waals surface area contributed by atoms with Crippen molar-refractivity contribution in [3.05, 3.63) is 71.5 Å². The molecule has 3 heterocycles. The van der Waals surface area contributed by atoms with Crippen molar-refractivity contribution in [3.63, 3.8) is 0 Å². The van der Waals surface area contributed by atoms with Gasteiger partial charge in [0, 0.05) is 34.3 Å². The van der Waals surface area contributed by atoms with Crippen molar-refractivity contribution in [3.8, 4) is 17.0 Å². The first-order valence-corrected chi connectivity index (χ1v) is 13.0. The minimum atomic E-state index is -0.638. The number of halogens is 1. The van der Waals surface area contributed by atoms with E-state index in [1.807, 2.05) is 0 Å². The molecular weight excluding hydrogens is 552 g/mol. The molecule has 0 saturated heterocycles. The standard InChI is InChI=1S/C27H25ClN8O5/c1-40-27(39)31-18-8-9-19-21(13-18)33-24(37)5-3-2-4-20(26-29-14-23(19)41-26)32-25(38)11-6-16-12-17(28)7-10-22(16)36-15-30-34-35-36/h6-15,20H,2-5H2,1H3,(H,31,39)(H,32,38)(H,33,37)/t20-/m0/s1. The second kappa shape index (κ2) is 12.4. The molecule has 3 N–H and O–H groups in total. The summed E-state index contributed by atoms with van der Waals surface area (Å²) in [5.74, 6) is 0.153. The van der Waals surface area contributed by atoms with Crippen LogP contribution in [0.4, 0.5) is 16.2 Å². The van der Waals surface area contributed by atoms with Crippen LogP contribution in [0.25, 0.3) is 23.1 Å². The third-order valence-electron chi connectivity index (χ3n) is 6.28. The molecule has 0 radical (unpaired) electrons. The Balaban J connectivity index is 1.38. The van der Waals surface area contributed by atoms with Crippen molar-refractivity contribution in [1.29, 1.82) is 0 Å². The zero-order valence-corrected chi connectivity index (χ0v) is 22.6. The van der Waals surface area contributed by atoms with Gasteiger partial charge in [-0.25, -0.2) is 9.78 Å². The van der Waals surface area contributed by atoms with E-state index in [9.17, 15) is 14.4 Å². The maximum absolute atomic E-state index is 13.0. The molecule has 2 aromatic carbocycles. The van der Waals surface area contributed by atoms with Gasteiger partial charge in [0.25, 0.3) is 0 Å². The normalized spacial score (nSPS) is 15.3. The number of fused-ring (bicyclic) bond motifs is 4. The topological polar surface area (TPSA) is 166 Å². The molecule has 1 aliphatic heterocycles. The summed E-state index contributed by atoms with van der Waals surface area (Å²) in [5, 5.41) is 20.1. The van der Waals surface area contributed by atoms with Gasteiger partial charge in [-0.3, -0.25) is 14.9 Å². The van der Waals surface area contributed by atoms with Gasteiger partial charge in [-0.15, -0.1) is 5.10 Å². The first-order valence-electron chi connectivity index (χ1n) is 12.7. The fourth-order valence-corrected chi connectivity index (χ4v) is 4.49. The number of rotatable bonds is 5. The largest absolute Gasteiger partial charge is 0.453 e. The van der Waals surface area contributed by atoms with E-state index < -0.39 is 12.1 Å². The van der Waals surface area contributed by atoms with Gasteiger partial charge < -0.3 is 19.8 Å². The van der Waals surface area contributed by atoms with Gasteiger partial charge in [0.1, 0.15) is 12.4 Å². The summed E-state index contributed by atoms with van der Waals surface area (Å²) in [7, 11) is 1.26. The Bertz CT molecular complexity index is 1600. The molecule has 13 nitrogen and oxygen atoms in total. The Morgan fingerprint density at radius 1 is 1.22 bits per heavy atom. The summed E-state index contributed by atoms with van der Waals surface area (Å²) < 4.78 is 12.2. The summed E-state index contributed by atoms with van der Waals surface area (Å²) >= 11 is 6.18. The predicted molar refractivity (Wildman–Crippen MR) is 149 cm³/mol. The summed E-state index contributed by atoms with van der Waals surface area (Å²) in [6, 6.07) is 9.58. The number of ether oxygens (including phenoxy) is 1. The van der Waals surface area contributed by atoms with Gasteiger partial charge >= 0.3 is 6.09 Å². The number of hydrogen-bond donors (Lipinski definition) is 3. The van der Waals surface area contributed by atoms with Gasteiger partial charge in [0.05, 0.1) is 24.7 Å². The second-order valence-corrected chi connectivity index (χ2v) is 9.52. The quantitative estimate of drug-likeness (QED) is 0.289. The smallest absolute Gasteiger partial charge is 0.411 e. The fraction of sp³-hybridized carbons (Fsp3) is 0.222. The molecule has 1 atom stereocenters. The number of tetrazole rings is 1. The fourth-order valence-electron chi connectivity index (χ4n) is 4.31. The molecule has 210 valence electrons. The van der Waals surface area contributed by atoms with Crippen LogP contribution in [0.2, 0.25) is 5.02 Å². The lowest BCUT2D eigenvalue weighted by Gasteiger charge is -2.16. The SMILES string of the molecule is COC(=O)Nc1ccc2c(c1)NC(=O)CCCC[C@H](NC(=O)C=Cc1cc(Cl)ccc1-n1cnnn1)c1ncc-2o1. The van der Waals surface area contributed by atoms with Gasteiger partial charge in [-0.05, 0) is 65.7 Å². The van der Waals surface area contributed by atoms with Crippen LogP contribution in [-0.2, 0) is 14.3 Å². The molecule has 0 fully saturated rings. The van der Waals surface area contributed by atoms with Gasteiger partial charge in [-0.1, -0.05) is 18.0 Å². The number of benzene rings is 2. The van der Waals surface area contributed by atoms with Crippen LogP contribution in [0.15, 0.2) is 59.4 Å². The molecule has 5 rings (SSSR count). The number of methoxy groups -OCH3 is 1. The molecule has 2 aromatic heterocycles. The number of aromatic nitrogens is 5. The maximum Gasteiger partial charge on any atom is 0.411 e. The van der Waals surface area contributed by atoms with E-state index in [0.29, 0.717) is 64.1 Å². The van der Waals surface area contributed by atoms with Gasteiger partial charge in [0.15, 0.2) is 5.76 Å². The minimum absolute atomic E-state index is 0.190. The zero-order chi connectivity index (χ0) is 28.8. The summed E-state index contributed by atoms with van der Waals surface area (Å²) in [5.41, 5.74) is 2.72. The van der Waals surface area contributed by atoms with Crippen LogP contribution >= 0.6 is 11.6 Å². The van der Waals surface area contributed by atoms with Crippen LogP contribution < -0.4 is 16.0 Å². The number of carbonyl (C=O) groups excluding carboxylic acids is 3. The van der Waals surface area contributed by atoms with E-state index in [-0.39, 0.29) is 18.2 Å². The van der Waals surface area contributed by atoms with Gasteiger partial charge in [0.2, 0.25) is 17.7 Å². The highest BCUT2D eigenvalue weighted by Crippen LogP contribution is 2.34. The Morgan fingerprint density at radius 3 is 2.90 bits per heavy atom. The van der Waals surface area contributed by atoms with Crippen molar-refractivity contribution in [2.75, 3.05) is 17.7 Å². The molecule has 14 heteroatoms. The molecule has 0 saturated carbocycles. The summed E-state index contributed by atoms with van der Waals surface area (Å²) in [4.78, 5) is 41.7. The number of nitrogens with one attached hydrogen (secondary N) is 3. The van der Waals surface area contributed by atoms with Crippen molar-refractivity contribution < 1.29 is 23.5 Å². The number of carbonyl (C=O) groups is 3. The Hall–Kier alpha value is -5.04. The van der Waals surface area contributed by atoms with Crippen molar-refractivity contribution in [1.82, 2.24) is 30.5 Å². The van der Waals surface area contributed by atoms with E-state index in [1.54, 1.807) is 42.5 Å². The molecule has 0 unspecified atom stereocenters. The van der Waals surface area contributed by atoms with Crippen LogP contribution in [0.1, 0.15) is 43.2 Å². The molecule has 2 bridgehead atoms. The van der Waals surface area contributed by atoms with Crippen LogP contribution in [0.5, 0.6) is 0 Å². The predicted octanol–water partition coefficient (Wildman–Crippen LogP) is 4.53. The average molecular weight is 577 g/mol. The lowest BCUT2D eigenvalue weighted by Crippen LogP contribution is -2.27. The number of oxazole rings is 1. The van der Waals surface area contributed by atoms with E-state index in [1.165, 1.54) is 30.4 Å². The Morgan fingerprint density at radius 2 is 2.10 bits per heavy atom. The van der Waals surface area contributed by atoms with Crippen molar-refractivity contribution >= 4 is 47.0 Å². The van der Waals surface area contributed by atoms with Gasteiger partial charge in [-0.2, -0.15) is 4.68 Å². The number of hydrogen-bond acceptors (Lipinski definition) is 9. The van der Waals surface area contributed by atoms with E-state index in [0.717, 1.165) is 0 Å². The molecule has 0 spiro atoms. The molecule has 41 heavy (non-hydrogen) atoms. The third-order valence-corrected chi connectivity index (χ3v) is 6.51. The Labute approximate surface area is 238 Å². The second-order valence-electron chi connectivity index (χ2n) is 9.09. The van der Waals surface area contributed by atoms with E-state index in [4.69, 9.17) is 16.0 Å². The average Bonchev–Trinajstić information content (AvgIpc) is 3.66. The van der Waals surface area contributed by atoms with Crippen molar-refractivity contribution in [2.24, 2.45) is 0 Å². The molecule has 4 aromatic rings. The summed E-state index contributed by atoms with van der Waals surface area (Å²) in [6.07, 6.45) is 7.34. The minimum Gasteiger partial charge on any atom is -0.453 e. The van der Waals surface area contributed by atoms with Crippen molar-refractivity contribution in [2.45, 2.75) is 31.7 Å². The van der Waals surface area contributed by atoms with E-state index in [2.05, 4.69) is 41.2 Å². The Kier molecular flexibility index (Phi) is 8.34. The first kappa shape index (κ1) is 27.5. The van der Waals surface area contributed by atoms with E-state index >= 15 is 0 Å². The van der Waals surface area contributed by atoms with Crippen LogP contribution in [0.3, 0.4) is 0 Å². The highest BCUT2D eigenvalue weighted by molar-refractivity contribution is 6.30. The summed E-state index contributed by atoms with van der Waals surface area (Å²) in [6.45, 7) is 0. The highest BCUT2D eigenvalue weighted by Gasteiger charge is 2.22. The monoisotopic (exact) mass is 576 g/mol. The van der Waals surface area contributed by atoms with Crippen LogP contribution in [-0.4, -0.2) is 50.2 Å². The lowest BCUT2D eigenvalue weighted by molar-refractivity contribution is -0.118.